The Kier molecular flexibility index (Phi) is 7.81. The van der Waals surface area contributed by atoms with E-state index in [1.807, 2.05) is 13.8 Å². The molecule has 0 rings (SSSR count). The summed E-state index contributed by atoms with van der Waals surface area (Å²) < 4.78 is 9.75. The van der Waals surface area contributed by atoms with Crippen molar-refractivity contribution < 1.29 is 14.3 Å². The highest BCUT2D eigenvalue weighted by molar-refractivity contribution is 5.59. The van der Waals surface area contributed by atoms with Crippen molar-refractivity contribution in [2.45, 2.75) is 27.7 Å². The molecule has 0 aliphatic rings. The summed E-state index contributed by atoms with van der Waals surface area (Å²) in [4.78, 5) is 11.1. The molecule has 0 heterocycles. The Balaban J connectivity index is 3.72. The van der Waals surface area contributed by atoms with Crippen molar-refractivity contribution in [1.82, 2.24) is 0 Å². The highest BCUT2D eigenvalue weighted by Gasteiger charge is 2.08. The van der Waals surface area contributed by atoms with Crippen molar-refractivity contribution in [3.8, 4) is 23.7 Å². The zero-order valence-electron chi connectivity index (χ0n) is 10.3. The third kappa shape index (κ3) is 7.76. The number of hydrogen-bond acceptors (Lipinski definition) is 3. The van der Waals surface area contributed by atoms with Crippen LogP contribution in [0.25, 0.3) is 0 Å². The topological polar surface area (TPSA) is 35.5 Å². The monoisotopic (exact) mass is 222 g/mol. The molecule has 2 unspecified atom stereocenters. The fourth-order valence-corrected chi connectivity index (χ4v) is 1.00. The summed E-state index contributed by atoms with van der Waals surface area (Å²) >= 11 is 0. The van der Waals surface area contributed by atoms with Crippen LogP contribution in [0.4, 0.5) is 4.79 Å². The second-order valence-electron chi connectivity index (χ2n) is 3.46. The Morgan fingerprint density at radius 2 is 1.38 bits per heavy atom. The largest absolute Gasteiger partial charge is 0.508 e. The predicted octanol–water partition coefficient (Wildman–Crippen LogP) is 2.46. The van der Waals surface area contributed by atoms with Gasteiger partial charge in [0.15, 0.2) is 0 Å². The molecule has 0 spiro atoms. The molecule has 0 N–H and O–H groups in total. The first-order valence-electron chi connectivity index (χ1n) is 5.24. The predicted molar refractivity (Wildman–Crippen MR) is 62.5 cm³/mol. The van der Waals surface area contributed by atoms with Gasteiger partial charge in [0.2, 0.25) is 0 Å². The van der Waals surface area contributed by atoms with Crippen LogP contribution >= 0.6 is 0 Å². The molecule has 2 atom stereocenters. The number of ether oxygens (including phenoxy) is 2. The maximum atomic E-state index is 11.1. The summed E-state index contributed by atoms with van der Waals surface area (Å²) in [6, 6.07) is 0. The van der Waals surface area contributed by atoms with E-state index >= 15 is 0 Å². The van der Waals surface area contributed by atoms with Crippen molar-refractivity contribution in [2.75, 3.05) is 13.2 Å². The van der Waals surface area contributed by atoms with Crippen LogP contribution in [0.2, 0.25) is 0 Å². The lowest BCUT2D eigenvalue weighted by molar-refractivity contribution is 0.0459. The highest BCUT2D eigenvalue weighted by atomic mass is 16.7. The molecule has 3 heteroatoms. The quantitative estimate of drug-likeness (QED) is 0.541. The van der Waals surface area contributed by atoms with E-state index in [1.54, 1.807) is 13.8 Å². The van der Waals surface area contributed by atoms with E-state index in [0.717, 1.165) is 0 Å². The Morgan fingerprint density at radius 1 is 1.00 bits per heavy atom. The Hall–Kier alpha value is -1.61. The van der Waals surface area contributed by atoms with Gasteiger partial charge in [-0.15, -0.1) is 11.8 Å². The van der Waals surface area contributed by atoms with Crippen LogP contribution in [-0.2, 0) is 9.47 Å². The van der Waals surface area contributed by atoms with Crippen molar-refractivity contribution >= 4 is 6.16 Å². The van der Waals surface area contributed by atoms with Gasteiger partial charge in [-0.05, 0) is 27.7 Å². The summed E-state index contributed by atoms with van der Waals surface area (Å²) in [7, 11) is 0. The molecule has 88 valence electrons. The molecule has 0 aromatic rings. The van der Waals surface area contributed by atoms with Gasteiger partial charge in [-0.1, -0.05) is 11.8 Å². The van der Waals surface area contributed by atoms with Crippen LogP contribution in [0.5, 0.6) is 0 Å². The summed E-state index contributed by atoms with van der Waals surface area (Å²) in [5.41, 5.74) is 0. The van der Waals surface area contributed by atoms with E-state index in [-0.39, 0.29) is 25.0 Å². The second kappa shape index (κ2) is 8.68. The van der Waals surface area contributed by atoms with Crippen LogP contribution in [-0.4, -0.2) is 19.4 Å². The van der Waals surface area contributed by atoms with Gasteiger partial charge in [0, 0.05) is 0 Å². The molecule has 3 nitrogen and oxygen atoms in total. The fourth-order valence-electron chi connectivity index (χ4n) is 1.00. The van der Waals surface area contributed by atoms with Crippen LogP contribution in [0, 0.1) is 35.5 Å². The summed E-state index contributed by atoms with van der Waals surface area (Å²) in [5.74, 6) is 11.3. The van der Waals surface area contributed by atoms with E-state index in [9.17, 15) is 4.79 Å². The second-order valence-corrected chi connectivity index (χ2v) is 3.46. The van der Waals surface area contributed by atoms with E-state index in [2.05, 4.69) is 23.7 Å². The van der Waals surface area contributed by atoms with Gasteiger partial charge < -0.3 is 9.47 Å². The van der Waals surface area contributed by atoms with Crippen LogP contribution in [0.15, 0.2) is 0 Å². The average molecular weight is 222 g/mol. The van der Waals surface area contributed by atoms with Gasteiger partial charge in [0.1, 0.15) is 13.2 Å². The highest BCUT2D eigenvalue weighted by Crippen LogP contribution is 1.98. The lowest BCUT2D eigenvalue weighted by atomic mass is 10.2. The zero-order valence-corrected chi connectivity index (χ0v) is 10.3. The molecule has 0 aliphatic heterocycles. The van der Waals surface area contributed by atoms with E-state index in [0.29, 0.717) is 0 Å². The van der Waals surface area contributed by atoms with Crippen LogP contribution < -0.4 is 0 Å². The molecule has 0 amide bonds. The number of hydrogen-bond donors (Lipinski definition) is 0. The van der Waals surface area contributed by atoms with Gasteiger partial charge in [-0.3, -0.25) is 0 Å². The van der Waals surface area contributed by atoms with Crippen molar-refractivity contribution in [1.29, 1.82) is 0 Å². The molecule has 0 aromatic carbocycles. The minimum atomic E-state index is -0.658. The van der Waals surface area contributed by atoms with Crippen LogP contribution in [0.1, 0.15) is 27.7 Å². The molecule has 0 aromatic heterocycles. The smallest absolute Gasteiger partial charge is 0.433 e. The normalized spacial score (nSPS) is 12.2. The first-order valence-corrected chi connectivity index (χ1v) is 5.24. The molecular formula is C13H18O3. The maximum Gasteiger partial charge on any atom is 0.508 e. The molecule has 0 radical (unpaired) electrons. The molecule has 0 bridgehead atoms. The van der Waals surface area contributed by atoms with Crippen molar-refractivity contribution in [3.05, 3.63) is 0 Å². The minimum Gasteiger partial charge on any atom is -0.433 e. The molecule has 0 saturated carbocycles. The molecule has 16 heavy (non-hydrogen) atoms. The number of rotatable bonds is 4. The van der Waals surface area contributed by atoms with Crippen molar-refractivity contribution in [3.63, 3.8) is 0 Å². The lowest BCUT2D eigenvalue weighted by Gasteiger charge is -2.08. The Labute approximate surface area is 97.5 Å². The SMILES string of the molecule is CC#CC(C)COC(=O)OCC(C)C#CC. The standard InChI is InChI=1S/C13H18O3/c1-5-7-11(3)9-15-13(14)16-10-12(4)8-6-2/h11-12H,9-10H2,1-4H3. The van der Waals surface area contributed by atoms with Gasteiger partial charge in [-0.25, -0.2) is 4.79 Å². The van der Waals surface area contributed by atoms with Gasteiger partial charge >= 0.3 is 6.16 Å². The minimum absolute atomic E-state index is 0.0328. The third-order valence-corrected chi connectivity index (χ3v) is 1.68. The average Bonchev–Trinajstić information content (AvgIpc) is 2.24. The molecular weight excluding hydrogens is 204 g/mol. The number of carbonyl (C=O) groups excluding carboxylic acids is 1. The lowest BCUT2D eigenvalue weighted by Crippen LogP contribution is -2.15. The van der Waals surface area contributed by atoms with E-state index in [4.69, 9.17) is 9.47 Å². The zero-order chi connectivity index (χ0) is 12.4. The van der Waals surface area contributed by atoms with E-state index < -0.39 is 6.16 Å². The van der Waals surface area contributed by atoms with Crippen LogP contribution in [0.3, 0.4) is 0 Å². The fraction of sp³-hybridized carbons (Fsp3) is 0.615. The van der Waals surface area contributed by atoms with Gasteiger partial charge in [0.25, 0.3) is 0 Å². The van der Waals surface area contributed by atoms with E-state index in [1.165, 1.54) is 0 Å². The first-order chi connectivity index (χ1) is 7.60. The van der Waals surface area contributed by atoms with Crippen molar-refractivity contribution in [2.24, 2.45) is 11.8 Å². The Bertz CT molecular complexity index is 293. The van der Waals surface area contributed by atoms with Gasteiger partial charge in [-0.2, -0.15) is 0 Å². The summed E-state index contributed by atoms with van der Waals surface area (Å²) in [5, 5.41) is 0. The van der Waals surface area contributed by atoms with Gasteiger partial charge in [0.05, 0.1) is 11.8 Å². The number of carbonyl (C=O) groups is 1. The summed E-state index contributed by atoms with van der Waals surface area (Å²) in [6.45, 7) is 7.78. The maximum absolute atomic E-state index is 11.1. The Morgan fingerprint density at radius 3 is 1.69 bits per heavy atom. The molecule has 0 fully saturated rings. The molecule has 0 aliphatic carbocycles. The summed E-state index contributed by atoms with van der Waals surface area (Å²) in [6.07, 6.45) is -0.658. The molecule has 0 saturated heterocycles. The first kappa shape index (κ1) is 14.4. The third-order valence-electron chi connectivity index (χ3n) is 1.68.